The van der Waals surface area contributed by atoms with Crippen LogP contribution in [0.25, 0.3) is 0 Å². The van der Waals surface area contributed by atoms with Crippen LogP contribution in [0.4, 0.5) is 5.13 Å². The lowest BCUT2D eigenvalue weighted by Gasteiger charge is -2.16. The Morgan fingerprint density at radius 1 is 1.38 bits per heavy atom. The maximum absolute atomic E-state index is 12.5. The van der Waals surface area contributed by atoms with Gasteiger partial charge in [-0.25, -0.2) is 9.78 Å². The molecule has 1 aliphatic rings. The van der Waals surface area contributed by atoms with Crippen LogP contribution in [0.1, 0.15) is 40.1 Å². The third-order valence-electron chi connectivity index (χ3n) is 4.81. The Bertz CT molecular complexity index is 790. The van der Waals surface area contributed by atoms with E-state index in [1.807, 2.05) is 18.2 Å². The second-order valence-corrected chi connectivity index (χ2v) is 7.64. The van der Waals surface area contributed by atoms with Gasteiger partial charge in [-0.05, 0) is 43.0 Å². The Labute approximate surface area is 156 Å². The van der Waals surface area contributed by atoms with Crippen LogP contribution in [-0.2, 0) is 16.0 Å². The van der Waals surface area contributed by atoms with E-state index in [2.05, 4.69) is 10.3 Å². The van der Waals surface area contributed by atoms with E-state index in [0.29, 0.717) is 23.7 Å². The molecule has 1 fully saturated rings. The third kappa shape index (κ3) is 4.28. The van der Waals surface area contributed by atoms with Gasteiger partial charge in [-0.2, -0.15) is 0 Å². The molecule has 0 saturated heterocycles. The number of methoxy groups -OCH3 is 1. The quantitative estimate of drug-likeness (QED) is 0.759. The molecule has 6 nitrogen and oxygen atoms in total. The maximum atomic E-state index is 12.5. The number of nitrogens with one attached hydrogen (secondary N) is 1. The summed E-state index contributed by atoms with van der Waals surface area (Å²) in [6.07, 6.45) is 5.38. The van der Waals surface area contributed by atoms with Gasteiger partial charge in [-0.3, -0.25) is 4.79 Å². The molecule has 0 radical (unpaired) electrons. The molecule has 7 heteroatoms. The Kier molecular flexibility index (Phi) is 6.00. The van der Waals surface area contributed by atoms with Gasteiger partial charge in [0.15, 0.2) is 5.13 Å². The highest BCUT2D eigenvalue weighted by Crippen LogP contribution is 2.32. The van der Waals surface area contributed by atoms with Crippen molar-refractivity contribution in [3.8, 4) is 0 Å². The Balaban J connectivity index is 1.63. The van der Waals surface area contributed by atoms with Crippen LogP contribution in [-0.4, -0.2) is 30.5 Å². The minimum Gasteiger partial charge on any atom is -0.465 e. The van der Waals surface area contributed by atoms with Gasteiger partial charge in [0.05, 0.1) is 12.7 Å². The summed E-state index contributed by atoms with van der Waals surface area (Å²) in [7, 11) is 1.37. The predicted molar refractivity (Wildman–Crippen MR) is 101 cm³/mol. The highest BCUT2D eigenvalue weighted by Gasteiger charge is 2.32. The molecule has 1 aliphatic carbocycles. The zero-order chi connectivity index (χ0) is 18.5. The summed E-state index contributed by atoms with van der Waals surface area (Å²) in [5, 5.41) is 3.54. The van der Waals surface area contributed by atoms with Gasteiger partial charge in [0, 0.05) is 23.4 Å². The van der Waals surface area contributed by atoms with Gasteiger partial charge < -0.3 is 15.8 Å². The minimum atomic E-state index is -0.352. The van der Waals surface area contributed by atoms with Gasteiger partial charge in [0.1, 0.15) is 0 Å². The van der Waals surface area contributed by atoms with E-state index in [1.54, 1.807) is 12.3 Å². The first-order valence-corrected chi connectivity index (χ1v) is 9.55. The number of aromatic nitrogens is 1. The van der Waals surface area contributed by atoms with Crippen molar-refractivity contribution in [2.45, 2.75) is 25.7 Å². The molecule has 1 saturated carbocycles. The predicted octanol–water partition coefficient (Wildman–Crippen LogP) is 2.83. The highest BCUT2D eigenvalue weighted by molar-refractivity contribution is 7.15. The fourth-order valence-corrected chi connectivity index (χ4v) is 4.29. The van der Waals surface area contributed by atoms with E-state index in [-0.39, 0.29) is 23.7 Å². The lowest BCUT2D eigenvalue weighted by atomic mass is 9.95. The zero-order valence-corrected chi connectivity index (χ0v) is 15.6. The number of nitrogens with two attached hydrogens (primary N) is 1. The second-order valence-electron chi connectivity index (χ2n) is 6.52. The fourth-order valence-electron chi connectivity index (χ4n) is 3.44. The summed E-state index contributed by atoms with van der Waals surface area (Å²) in [6, 6.07) is 7.32. The molecule has 0 unspecified atom stereocenters. The van der Waals surface area contributed by atoms with Crippen molar-refractivity contribution in [3.63, 3.8) is 0 Å². The first-order chi connectivity index (χ1) is 12.6. The number of carbonyl (C=O) groups excluding carboxylic acids is 2. The van der Waals surface area contributed by atoms with Gasteiger partial charge in [0.25, 0.3) is 0 Å². The molecule has 3 rings (SSSR count). The van der Waals surface area contributed by atoms with Gasteiger partial charge >= 0.3 is 5.97 Å². The molecule has 3 N–H and O–H groups in total. The minimum absolute atomic E-state index is 0.0101. The van der Waals surface area contributed by atoms with Crippen LogP contribution >= 0.6 is 11.3 Å². The number of anilines is 1. The van der Waals surface area contributed by atoms with Gasteiger partial charge in [-0.1, -0.05) is 18.6 Å². The lowest BCUT2D eigenvalue weighted by molar-refractivity contribution is -0.120. The van der Waals surface area contributed by atoms with E-state index in [0.717, 1.165) is 29.7 Å². The van der Waals surface area contributed by atoms with Crippen molar-refractivity contribution in [1.82, 2.24) is 4.98 Å². The van der Waals surface area contributed by atoms with Gasteiger partial charge in [0.2, 0.25) is 5.91 Å². The van der Waals surface area contributed by atoms with Crippen molar-refractivity contribution in [3.05, 3.63) is 46.5 Å². The first kappa shape index (κ1) is 18.5. The van der Waals surface area contributed by atoms with E-state index >= 15 is 0 Å². The number of amides is 1. The van der Waals surface area contributed by atoms with Crippen LogP contribution in [0.5, 0.6) is 0 Å². The molecule has 2 atom stereocenters. The van der Waals surface area contributed by atoms with Crippen molar-refractivity contribution in [2.75, 3.05) is 19.0 Å². The average molecular weight is 373 g/mol. The van der Waals surface area contributed by atoms with Crippen LogP contribution in [0.2, 0.25) is 0 Å². The van der Waals surface area contributed by atoms with E-state index < -0.39 is 0 Å². The number of rotatable bonds is 6. The van der Waals surface area contributed by atoms with Crippen molar-refractivity contribution < 1.29 is 14.3 Å². The van der Waals surface area contributed by atoms with Crippen LogP contribution in [0, 0.1) is 11.8 Å². The molecule has 1 aromatic carbocycles. The Morgan fingerprint density at radius 3 is 3.00 bits per heavy atom. The molecule has 1 aromatic heterocycles. The van der Waals surface area contributed by atoms with Crippen LogP contribution < -0.4 is 11.1 Å². The number of hydrogen-bond donors (Lipinski definition) is 2. The number of thiazole rings is 1. The van der Waals surface area contributed by atoms with Crippen molar-refractivity contribution in [1.29, 1.82) is 0 Å². The topological polar surface area (TPSA) is 94.3 Å². The maximum Gasteiger partial charge on any atom is 0.337 e. The summed E-state index contributed by atoms with van der Waals surface area (Å²) in [4.78, 5) is 29.4. The number of ether oxygens (including phenoxy) is 1. The molecule has 0 aliphatic heterocycles. The van der Waals surface area contributed by atoms with Crippen LogP contribution in [0.15, 0.2) is 30.5 Å². The van der Waals surface area contributed by atoms with Crippen molar-refractivity contribution in [2.24, 2.45) is 17.6 Å². The van der Waals surface area contributed by atoms with Gasteiger partial charge in [-0.15, -0.1) is 11.3 Å². The third-order valence-corrected chi connectivity index (χ3v) is 5.72. The first-order valence-electron chi connectivity index (χ1n) is 8.73. The summed E-state index contributed by atoms with van der Waals surface area (Å²) in [6.45, 7) is 0.553. The second kappa shape index (κ2) is 8.42. The van der Waals surface area contributed by atoms with Crippen molar-refractivity contribution >= 4 is 28.3 Å². The number of nitrogens with zero attached hydrogens (tertiary/aromatic N) is 1. The fraction of sp³-hybridized carbons (Fsp3) is 0.421. The molecule has 0 spiro atoms. The van der Waals surface area contributed by atoms with E-state index in [4.69, 9.17) is 10.5 Å². The molecule has 0 bridgehead atoms. The average Bonchev–Trinajstić information content (AvgIpc) is 3.30. The molecule has 2 aromatic rings. The Morgan fingerprint density at radius 2 is 2.23 bits per heavy atom. The summed E-state index contributed by atoms with van der Waals surface area (Å²) < 4.78 is 4.75. The number of esters is 1. The summed E-state index contributed by atoms with van der Waals surface area (Å²) >= 11 is 1.45. The summed E-state index contributed by atoms with van der Waals surface area (Å²) in [5.41, 5.74) is 7.28. The smallest absolute Gasteiger partial charge is 0.337 e. The molecular weight excluding hydrogens is 350 g/mol. The monoisotopic (exact) mass is 373 g/mol. The normalized spacial score (nSPS) is 19.3. The lowest BCUT2D eigenvalue weighted by Crippen LogP contribution is -2.29. The molecule has 138 valence electrons. The van der Waals surface area contributed by atoms with E-state index in [9.17, 15) is 9.59 Å². The molecule has 1 heterocycles. The zero-order valence-electron chi connectivity index (χ0n) is 14.7. The number of hydrogen-bond acceptors (Lipinski definition) is 6. The largest absolute Gasteiger partial charge is 0.465 e. The number of carbonyl (C=O) groups is 2. The highest BCUT2D eigenvalue weighted by atomic mass is 32.1. The SMILES string of the molecule is COC(=O)c1cccc(Cc2cnc(NC(=O)[C@@H]3CCC[C@@H]3CN)s2)c1. The molecule has 1 amide bonds. The number of benzene rings is 1. The molecular formula is C19H23N3O3S. The van der Waals surface area contributed by atoms with Crippen LogP contribution in [0.3, 0.4) is 0 Å². The van der Waals surface area contributed by atoms with E-state index in [1.165, 1.54) is 18.4 Å². The summed E-state index contributed by atoms with van der Waals surface area (Å²) in [5.74, 6) is -0.0683. The Hall–Kier alpha value is -2.25. The standard InChI is InChI=1S/C19H23N3O3S/c1-25-18(24)13-5-2-4-12(8-13)9-15-11-21-19(26-15)22-17(23)16-7-3-6-14(16)10-20/h2,4-5,8,11,14,16H,3,6-7,9-10,20H2,1H3,(H,21,22,23)/t14-,16-/m1/s1. The molecule has 26 heavy (non-hydrogen) atoms.